The molecule has 0 radical (unpaired) electrons. The van der Waals surface area contributed by atoms with Gasteiger partial charge in [0.15, 0.2) is 0 Å². The first-order chi connectivity index (χ1) is 12.4. The zero-order valence-corrected chi connectivity index (χ0v) is 15.2. The smallest absolute Gasteiger partial charge is 0.253 e. The molecule has 0 unspecified atom stereocenters. The highest BCUT2D eigenvalue weighted by Gasteiger charge is 2.26. The molecule has 8 heteroatoms. The van der Waals surface area contributed by atoms with Crippen LogP contribution in [0.4, 0.5) is 4.39 Å². The van der Waals surface area contributed by atoms with Gasteiger partial charge in [-0.15, -0.1) is 0 Å². The summed E-state index contributed by atoms with van der Waals surface area (Å²) in [6.07, 6.45) is 5.12. The molecule has 0 saturated heterocycles. The largest absolute Gasteiger partial charge is 0.352 e. The number of hydrogen-bond acceptors (Lipinski definition) is 4. The summed E-state index contributed by atoms with van der Waals surface area (Å²) in [5, 5.41) is 2.79. The monoisotopic (exact) mass is 377 g/mol. The Morgan fingerprint density at radius 1 is 1.31 bits per heavy atom. The van der Waals surface area contributed by atoms with Crippen LogP contribution in [0, 0.1) is 5.82 Å². The SMILES string of the molecule is CS(=O)(=O)N1CCc2c(cncc2C(=O)NCCc2ccccc2F)C1. The van der Waals surface area contributed by atoms with Crippen molar-refractivity contribution in [1.82, 2.24) is 14.6 Å². The van der Waals surface area contributed by atoms with Gasteiger partial charge in [0.25, 0.3) is 5.91 Å². The van der Waals surface area contributed by atoms with Crippen molar-refractivity contribution in [1.29, 1.82) is 0 Å². The summed E-state index contributed by atoms with van der Waals surface area (Å²) in [5.74, 6) is -0.570. The highest BCUT2D eigenvalue weighted by atomic mass is 32.2. The zero-order chi connectivity index (χ0) is 18.7. The average Bonchev–Trinajstić information content (AvgIpc) is 2.61. The van der Waals surface area contributed by atoms with E-state index in [1.165, 1.54) is 22.8 Å². The number of nitrogens with zero attached hydrogens (tertiary/aromatic N) is 2. The Balaban J connectivity index is 1.68. The first kappa shape index (κ1) is 18.5. The van der Waals surface area contributed by atoms with Gasteiger partial charge in [-0.1, -0.05) is 18.2 Å². The second-order valence-corrected chi connectivity index (χ2v) is 8.25. The van der Waals surface area contributed by atoms with Gasteiger partial charge in [-0.3, -0.25) is 9.78 Å². The second-order valence-electron chi connectivity index (χ2n) is 6.27. The maximum atomic E-state index is 13.6. The van der Waals surface area contributed by atoms with E-state index < -0.39 is 10.0 Å². The lowest BCUT2D eigenvalue weighted by molar-refractivity contribution is 0.0952. The van der Waals surface area contributed by atoms with Crippen LogP contribution in [0.3, 0.4) is 0 Å². The van der Waals surface area contributed by atoms with Crippen molar-refractivity contribution in [3.63, 3.8) is 0 Å². The van der Waals surface area contributed by atoms with Crippen LogP contribution >= 0.6 is 0 Å². The minimum atomic E-state index is -3.28. The lowest BCUT2D eigenvalue weighted by Gasteiger charge is -2.27. The molecule has 0 atom stereocenters. The van der Waals surface area contributed by atoms with Crippen LogP contribution in [0.25, 0.3) is 0 Å². The van der Waals surface area contributed by atoms with Gasteiger partial charge >= 0.3 is 0 Å². The molecular formula is C18H20FN3O3S. The number of carbonyl (C=O) groups is 1. The predicted molar refractivity (Wildman–Crippen MR) is 95.6 cm³/mol. The number of sulfonamides is 1. The molecular weight excluding hydrogens is 357 g/mol. The molecule has 0 fully saturated rings. The van der Waals surface area contributed by atoms with E-state index in [-0.39, 0.29) is 18.3 Å². The highest BCUT2D eigenvalue weighted by Crippen LogP contribution is 2.23. The number of amides is 1. The van der Waals surface area contributed by atoms with E-state index in [4.69, 9.17) is 0 Å². The van der Waals surface area contributed by atoms with Gasteiger partial charge in [0.1, 0.15) is 5.82 Å². The number of aromatic nitrogens is 1. The maximum Gasteiger partial charge on any atom is 0.253 e. The third-order valence-corrected chi connectivity index (χ3v) is 5.71. The predicted octanol–water partition coefficient (Wildman–Crippen LogP) is 1.51. The van der Waals surface area contributed by atoms with E-state index in [0.717, 1.165) is 11.1 Å². The molecule has 3 rings (SSSR count). The summed E-state index contributed by atoms with van der Waals surface area (Å²) < 4.78 is 38.4. The Hall–Kier alpha value is -2.32. The third-order valence-electron chi connectivity index (χ3n) is 4.46. The Kier molecular flexibility index (Phi) is 5.33. The minimum absolute atomic E-state index is 0.220. The lowest BCUT2D eigenvalue weighted by Crippen LogP contribution is -2.37. The summed E-state index contributed by atoms with van der Waals surface area (Å²) in [4.78, 5) is 16.6. The molecule has 1 amide bonds. The molecule has 0 aliphatic carbocycles. The molecule has 1 aliphatic heterocycles. The van der Waals surface area contributed by atoms with Crippen LogP contribution < -0.4 is 5.32 Å². The van der Waals surface area contributed by atoms with Crippen LogP contribution in [0.1, 0.15) is 27.0 Å². The van der Waals surface area contributed by atoms with Crippen LogP contribution in [0.5, 0.6) is 0 Å². The van der Waals surface area contributed by atoms with Crippen molar-refractivity contribution in [3.8, 4) is 0 Å². The summed E-state index contributed by atoms with van der Waals surface area (Å²) in [6, 6.07) is 6.46. The summed E-state index contributed by atoms with van der Waals surface area (Å²) in [6.45, 7) is 0.863. The fraction of sp³-hybridized carbons (Fsp3) is 0.333. The fourth-order valence-electron chi connectivity index (χ4n) is 3.05. The number of fused-ring (bicyclic) bond motifs is 1. The van der Waals surface area contributed by atoms with Crippen LogP contribution in [-0.2, 0) is 29.4 Å². The highest BCUT2D eigenvalue weighted by molar-refractivity contribution is 7.88. The summed E-state index contributed by atoms with van der Waals surface area (Å²) in [7, 11) is -3.28. The van der Waals surface area contributed by atoms with Crippen molar-refractivity contribution in [3.05, 3.63) is 64.7 Å². The van der Waals surface area contributed by atoms with Crippen molar-refractivity contribution < 1.29 is 17.6 Å². The Bertz CT molecular complexity index is 931. The summed E-state index contributed by atoms with van der Waals surface area (Å²) >= 11 is 0. The van der Waals surface area contributed by atoms with Crippen LogP contribution in [-0.4, -0.2) is 43.0 Å². The van der Waals surface area contributed by atoms with E-state index >= 15 is 0 Å². The van der Waals surface area contributed by atoms with E-state index in [1.807, 2.05) is 0 Å². The van der Waals surface area contributed by atoms with E-state index in [1.54, 1.807) is 24.4 Å². The van der Waals surface area contributed by atoms with Crippen molar-refractivity contribution >= 4 is 15.9 Å². The molecule has 1 N–H and O–H groups in total. The molecule has 26 heavy (non-hydrogen) atoms. The lowest BCUT2D eigenvalue weighted by atomic mass is 9.98. The van der Waals surface area contributed by atoms with Crippen molar-refractivity contribution in [2.45, 2.75) is 19.4 Å². The average molecular weight is 377 g/mol. The number of pyridine rings is 1. The quantitative estimate of drug-likeness (QED) is 0.857. The van der Waals surface area contributed by atoms with Crippen molar-refractivity contribution in [2.24, 2.45) is 0 Å². The molecule has 6 nitrogen and oxygen atoms in total. The van der Waals surface area contributed by atoms with Gasteiger partial charge in [-0.2, -0.15) is 4.31 Å². The Morgan fingerprint density at radius 2 is 2.08 bits per heavy atom. The molecule has 0 spiro atoms. The number of carbonyl (C=O) groups excluding carboxylic acids is 1. The number of nitrogens with one attached hydrogen (secondary N) is 1. The fourth-order valence-corrected chi connectivity index (χ4v) is 3.85. The molecule has 1 aliphatic rings. The van der Waals surface area contributed by atoms with Crippen molar-refractivity contribution in [2.75, 3.05) is 19.3 Å². The number of benzene rings is 1. The van der Waals surface area contributed by atoms with Gasteiger partial charge < -0.3 is 5.32 Å². The molecule has 2 aromatic rings. The number of rotatable bonds is 5. The van der Waals surface area contributed by atoms with E-state index in [9.17, 15) is 17.6 Å². The van der Waals surface area contributed by atoms with Gasteiger partial charge in [-0.25, -0.2) is 12.8 Å². The Labute approximate surface area is 152 Å². The van der Waals surface area contributed by atoms with Gasteiger partial charge in [0.05, 0.1) is 11.8 Å². The molecule has 0 saturated carbocycles. The molecule has 1 aromatic heterocycles. The first-order valence-electron chi connectivity index (χ1n) is 8.29. The maximum absolute atomic E-state index is 13.6. The minimum Gasteiger partial charge on any atom is -0.352 e. The van der Waals surface area contributed by atoms with Gasteiger partial charge in [-0.05, 0) is 35.6 Å². The number of halogens is 1. The van der Waals surface area contributed by atoms with Gasteiger partial charge in [0.2, 0.25) is 10.0 Å². The zero-order valence-electron chi connectivity index (χ0n) is 14.4. The van der Waals surface area contributed by atoms with Crippen LogP contribution in [0.15, 0.2) is 36.7 Å². The Morgan fingerprint density at radius 3 is 2.81 bits per heavy atom. The second kappa shape index (κ2) is 7.51. The molecule has 2 heterocycles. The van der Waals surface area contributed by atoms with Gasteiger partial charge in [0, 0.05) is 32.0 Å². The standard InChI is InChI=1S/C18H20FN3O3S/c1-26(24,25)22-9-7-15-14(12-22)10-20-11-16(15)18(23)21-8-6-13-4-2-3-5-17(13)19/h2-5,10-11H,6-9,12H2,1H3,(H,21,23). The number of hydrogen-bond donors (Lipinski definition) is 1. The first-order valence-corrected chi connectivity index (χ1v) is 10.1. The third kappa shape index (κ3) is 4.08. The molecule has 1 aromatic carbocycles. The van der Waals surface area contributed by atoms with E-state index in [0.29, 0.717) is 37.1 Å². The van der Waals surface area contributed by atoms with Crippen LogP contribution in [0.2, 0.25) is 0 Å². The normalized spacial score (nSPS) is 14.7. The summed E-state index contributed by atoms with van der Waals surface area (Å²) in [5.41, 5.74) is 2.56. The molecule has 0 bridgehead atoms. The molecule has 138 valence electrons. The van der Waals surface area contributed by atoms with E-state index in [2.05, 4.69) is 10.3 Å². The topological polar surface area (TPSA) is 79.4 Å².